The molecule has 12 heavy (non-hydrogen) atoms. The van der Waals surface area contributed by atoms with Gasteiger partial charge in [-0.2, -0.15) is 0 Å². The van der Waals surface area contributed by atoms with Crippen LogP contribution in [0, 0.1) is 0 Å². The summed E-state index contributed by atoms with van der Waals surface area (Å²) in [6.45, 7) is 0.400. The monoisotopic (exact) mass is 173 g/mol. The molecule has 1 atom stereocenters. The molecule has 3 N–H and O–H groups in total. The number of rotatable bonds is 5. The summed E-state index contributed by atoms with van der Waals surface area (Å²) >= 11 is 0. The van der Waals surface area contributed by atoms with Gasteiger partial charge in [-0.3, -0.25) is 4.79 Å². The Morgan fingerprint density at radius 3 is 2.67 bits per heavy atom. The Morgan fingerprint density at radius 1 is 1.58 bits per heavy atom. The Morgan fingerprint density at radius 2 is 2.25 bits per heavy atom. The lowest BCUT2D eigenvalue weighted by Crippen LogP contribution is -2.40. The lowest BCUT2D eigenvalue weighted by atomic mass is 9.93. The minimum absolute atomic E-state index is 0.167. The van der Waals surface area contributed by atoms with Crippen molar-refractivity contribution in [2.45, 2.75) is 37.8 Å². The molecule has 0 spiro atoms. The highest BCUT2D eigenvalue weighted by atomic mass is 16.4. The second-order valence-corrected chi connectivity index (χ2v) is 3.29. The van der Waals surface area contributed by atoms with Crippen LogP contribution in [0.4, 0.5) is 0 Å². The third kappa shape index (κ3) is 3.19. The zero-order valence-electron chi connectivity index (χ0n) is 6.99. The van der Waals surface area contributed by atoms with E-state index in [0.29, 0.717) is 12.6 Å². The second kappa shape index (κ2) is 4.42. The molecular weight excluding hydrogens is 158 g/mol. The van der Waals surface area contributed by atoms with Crippen molar-refractivity contribution in [3.8, 4) is 0 Å². The molecule has 0 bridgehead atoms. The molecule has 1 aliphatic carbocycles. The predicted octanol–water partition coefficient (Wildman–Crippen LogP) is -0.0359. The number of hydrogen-bond donors (Lipinski definition) is 3. The van der Waals surface area contributed by atoms with Crippen LogP contribution >= 0.6 is 0 Å². The summed E-state index contributed by atoms with van der Waals surface area (Å²) in [5.74, 6) is -0.946. The average molecular weight is 173 g/mol. The Balaban J connectivity index is 2.00. The van der Waals surface area contributed by atoms with Gasteiger partial charge in [0.05, 0.1) is 12.5 Å². The van der Waals surface area contributed by atoms with E-state index >= 15 is 0 Å². The molecular formula is C8H15NO3. The van der Waals surface area contributed by atoms with E-state index < -0.39 is 12.1 Å². The fourth-order valence-corrected chi connectivity index (χ4v) is 1.19. The normalized spacial score (nSPS) is 20.1. The van der Waals surface area contributed by atoms with E-state index in [1.807, 2.05) is 0 Å². The van der Waals surface area contributed by atoms with Crippen LogP contribution in [0.15, 0.2) is 0 Å². The summed E-state index contributed by atoms with van der Waals surface area (Å²) in [5.41, 5.74) is 0. The van der Waals surface area contributed by atoms with Crippen LogP contribution in [0.25, 0.3) is 0 Å². The lowest BCUT2D eigenvalue weighted by molar-refractivity contribution is -0.139. The Bertz CT molecular complexity index is 156. The van der Waals surface area contributed by atoms with Crippen molar-refractivity contribution in [1.82, 2.24) is 5.32 Å². The molecule has 0 aromatic heterocycles. The van der Waals surface area contributed by atoms with E-state index in [1.54, 1.807) is 0 Å². The van der Waals surface area contributed by atoms with Gasteiger partial charge in [-0.05, 0) is 12.8 Å². The van der Waals surface area contributed by atoms with Crippen molar-refractivity contribution >= 4 is 5.97 Å². The summed E-state index contributed by atoms with van der Waals surface area (Å²) in [6, 6.07) is 0.508. The van der Waals surface area contributed by atoms with Crippen LogP contribution in [-0.2, 0) is 4.79 Å². The maximum atomic E-state index is 10.2. The molecule has 4 heteroatoms. The van der Waals surface area contributed by atoms with Crippen LogP contribution in [0.5, 0.6) is 0 Å². The first kappa shape index (κ1) is 9.48. The maximum absolute atomic E-state index is 10.2. The van der Waals surface area contributed by atoms with Gasteiger partial charge < -0.3 is 15.5 Å². The molecule has 4 nitrogen and oxygen atoms in total. The number of carboxylic acid groups (broad SMARTS) is 1. The van der Waals surface area contributed by atoms with Crippen molar-refractivity contribution in [2.24, 2.45) is 0 Å². The van der Waals surface area contributed by atoms with Gasteiger partial charge in [-0.25, -0.2) is 0 Å². The van der Waals surface area contributed by atoms with Crippen molar-refractivity contribution in [3.05, 3.63) is 0 Å². The largest absolute Gasteiger partial charge is 0.481 e. The molecule has 0 amide bonds. The van der Waals surface area contributed by atoms with E-state index in [-0.39, 0.29) is 6.42 Å². The Hall–Kier alpha value is -0.610. The molecule has 1 aliphatic rings. The SMILES string of the molecule is O=C(O)CC(O)CNC1CCC1. The number of aliphatic hydroxyl groups excluding tert-OH is 1. The zero-order valence-corrected chi connectivity index (χ0v) is 6.99. The van der Waals surface area contributed by atoms with E-state index in [9.17, 15) is 4.79 Å². The summed E-state index contributed by atoms with van der Waals surface area (Å²) in [4.78, 5) is 10.2. The molecule has 1 unspecified atom stereocenters. The fourth-order valence-electron chi connectivity index (χ4n) is 1.19. The van der Waals surface area contributed by atoms with Crippen LogP contribution < -0.4 is 5.32 Å². The Kier molecular flexibility index (Phi) is 3.49. The summed E-state index contributed by atoms with van der Waals surface area (Å²) in [5, 5.41) is 20.6. The van der Waals surface area contributed by atoms with Gasteiger partial charge in [0, 0.05) is 12.6 Å². The highest BCUT2D eigenvalue weighted by Gasteiger charge is 2.18. The second-order valence-electron chi connectivity index (χ2n) is 3.29. The van der Waals surface area contributed by atoms with Crippen molar-refractivity contribution < 1.29 is 15.0 Å². The number of aliphatic carboxylic acids is 1. The number of carboxylic acids is 1. The van der Waals surface area contributed by atoms with Gasteiger partial charge in [0.25, 0.3) is 0 Å². The number of nitrogens with one attached hydrogen (secondary N) is 1. The predicted molar refractivity (Wildman–Crippen MR) is 43.9 cm³/mol. The van der Waals surface area contributed by atoms with Gasteiger partial charge in [0.15, 0.2) is 0 Å². The molecule has 0 radical (unpaired) electrons. The average Bonchev–Trinajstić information content (AvgIpc) is 1.81. The summed E-state index contributed by atoms with van der Waals surface area (Å²) in [6.07, 6.45) is 2.63. The first-order chi connectivity index (χ1) is 5.68. The molecule has 1 fully saturated rings. The first-order valence-corrected chi connectivity index (χ1v) is 4.31. The summed E-state index contributed by atoms with van der Waals surface area (Å²) in [7, 11) is 0. The highest BCUT2D eigenvalue weighted by molar-refractivity contribution is 5.67. The van der Waals surface area contributed by atoms with Crippen LogP contribution in [-0.4, -0.2) is 34.9 Å². The third-order valence-corrected chi connectivity index (χ3v) is 2.16. The molecule has 1 saturated carbocycles. The van der Waals surface area contributed by atoms with E-state index in [2.05, 4.69) is 5.32 Å². The number of carbonyl (C=O) groups is 1. The molecule has 1 rings (SSSR count). The first-order valence-electron chi connectivity index (χ1n) is 4.31. The molecule has 0 aromatic carbocycles. The van der Waals surface area contributed by atoms with Crippen molar-refractivity contribution in [3.63, 3.8) is 0 Å². The molecule has 0 aliphatic heterocycles. The van der Waals surface area contributed by atoms with Gasteiger partial charge in [-0.15, -0.1) is 0 Å². The molecule has 0 heterocycles. The van der Waals surface area contributed by atoms with Crippen LogP contribution in [0.3, 0.4) is 0 Å². The topological polar surface area (TPSA) is 69.6 Å². The minimum atomic E-state index is -0.946. The number of aliphatic hydroxyl groups is 1. The van der Waals surface area contributed by atoms with Crippen LogP contribution in [0.1, 0.15) is 25.7 Å². The molecule has 70 valence electrons. The zero-order chi connectivity index (χ0) is 8.97. The van der Waals surface area contributed by atoms with Crippen molar-refractivity contribution in [1.29, 1.82) is 0 Å². The Labute approximate surface area is 71.6 Å². The minimum Gasteiger partial charge on any atom is -0.481 e. The number of hydrogen-bond acceptors (Lipinski definition) is 3. The van der Waals surface area contributed by atoms with Gasteiger partial charge in [-0.1, -0.05) is 6.42 Å². The third-order valence-electron chi connectivity index (χ3n) is 2.16. The van der Waals surface area contributed by atoms with E-state index in [1.165, 1.54) is 6.42 Å². The quantitative estimate of drug-likeness (QED) is 0.546. The van der Waals surface area contributed by atoms with Crippen LogP contribution in [0.2, 0.25) is 0 Å². The van der Waals surface area contributed by atoms with E-state index in [4.69, 9.17) is 10.2 Å². The summed E-state index contributed by atoms with van der Waals surface area (Å²) < 4.78 is 0. The fraction of sp³-hybridized carbons (Fsp3) is 0.875. The maximum Gasteiger partial charge on any atom is 0.306 e. The van der Waals surface area contributed by atoms with E-state index in [0.717, 1.165) is 12.8 Å². The molecule has 0 aromatic rings. The smallest absolute Gasteiger partial charge is 0.306 e. The van der Waals surface area contributed by atoms with Gasteiger partial charge >= 0.3 is 5.97 Å². The lowest BCUT2D eigenvalue weighted by Gasteiger charge is -2.27. The van der Waals surface area contributed by atoms with Gasteiger partial charge in [0.2, 0.25) is 0 Å². The standard InChI is InChI=1S/C8H15NO3/c10-7(4-8(11)12)5-9-6-2-1-3-6/h6-7,9-10H,1-5H2,(H,11,12). The van der Waals surface area contributed by atoms with Gasteiger partial charge in [0.1, 0.15) is 0 Å². The molecule has 0 saturated heterocycles. The van der Waals surface area contributed by atoms with Crippen molar-refractivity contribution in [2.75, 3.05) is 6.54 Å². The highest BCUT2D eigenvalue weighted by Crippen LogP contribution is 2.17.